The molecule has 0 radical (unpaired) electrons. The van der Waals surface area contributed by atoms with E-state index >= 15 is 0 Å². The van der Waals surface area contributed by atoms with Gasteiger partial charge in [0.05, 0.1) is 23.2 Å². The second-order valence-corrected chi connectivity index (χ2v) is 7.80. The van der Waals surface area contributed by atoms with Crippen LogP contribution in [0.3, 0.4) is 0 Å². The summed E-state index contributed by atoms with van der Waals surface area (Å²) in [5.74, 6) is -2.20. The van der Waals surface area contributed by atoms with E-state index < -0.39 is 29.3 Å². The van der Waals surface area contributed by atoms with Crippen molar-refractivity contribution in [3.05, 3.63) is 70.0 Å². The van der Waals surface area contributed by atoms with Gasteiger partial charge in [-0.1, -0.05) is 29.8 Å². The van der Waals surface area contributed by atoms with Gasteiger partial charge in [0.2, 0.25) is 0 Å². The largest absolute Gasteiger partial charge is 0.507 e. The third-order valence-electron chi connectivity index (χ3n) is 5.03. The van der Waals surface area contributed by atoms with Crippen LogP contribution in [-0.4, -0.2) is 60.4 Å². The minimum atomic E-state index is -1.05. The Morgan fingerprint density at radius 2 is 1.94 bits per heavy atom. The second-order valence-electron chi connectivity index (χ2n) is 7.40. The molecule has 2 aromatic carbocycles. The molecule has 1 amide bonds. The number of carbonyl (C=O) groups excluding carboxylic acids is 2. The molecule has 0 aliphatic carbocycles. The van der Waals surface area contributed by atoms with Crippen LogP contribution in [0.5, 0.6) is 5.75 Å². The van der Waals surface area contributed by atoms with Crippen molar-refractivity contribution in [3.8, 4) is 5.75 Å². The predicted octanol–water partition coefficient (Wildman–Crippen LogP) is 3.86. The first-order chi connectivity index (χ1) is 14.8. The van der Waals surface area contributed by atoms with Crippen molar-refractivity contribution < 1.29 is 23.8 Å². The van der Waals surface area contributed by atoms with Gasteiger partial charge in [-0.05, 0) is 45.3 Å². The molecule has 1 N–H and O–H groups in total. The summed E-state index contributed by atoms with van der Waals surface area (Å²) in [6, 6.07) is 9.43. The summed E-state index contributed by atoms with van der Waals surface area (Å²) in [5, 5.41) is 11.3. The molecule has 1 saturated heterocycles. The Kier molecular flexibility index (Phi) is 6.97. The zero-order valence-corrected chi connectivity index (χ0v) is 18.3. The van der Waals surface area contributed by atoms with Gasteiger partial charge in [-0.2, -0.15) is 0 Å². The number of aliphatic hydroxyl groups is 1. The number of ether oxygens (including phenoxy) is 1. The van der Waals surface area contributed by atoms with Gasteiger partial charge < -0.3 is 19.6 Å². The zero-order valence-electron chi connectivity index (χ0n) is 17.6. The molecule has 1 aliphatic heterocycles. The highest BCUT2D eigenvalue weighted by molar-refractivity contribution is 6.46. The number of aliphatic hydroxyl groups excluding tert-OH is 1. The molecule has 1 atom stereocenters. The van der Waals surface area contributed by atoms with Crippen LogP contribution in [0.1, 0.15) is 24.1 Å². The van der Waals surface area contributed by atoms with Crippen molar-refractivity contribution in [2.24, 2.45) is 0 Å². The molecule has 2 aromatic rings. The van der Waals surface area contributed by atoms with Crippen molar-refractivity contribution >= 4 is 29.1 Å². The molecule has 1 fully saturated rings. The molecule has 1 aliphatic rings. The summed E-state index contributed by atoms with van der Waals surface area (Å²) >= 11 is 6.23. The Hall–Kier alpha value is -2.90. The van der Waals surface area contributed by atoms with Gasteiger partial charge in [-0.25, -0.2) is 4.39 Å². The molecule has 0 spiro atoms. The highest BCUT2D eigenvalue weighted by Gasteiger charge is 2.46. The number of likely N-dealkylation sites (N-methyl/N-ethyl adjacent to an activating group) is 1. The first-order valence-electron chi connectivity index (χ1n) is 9.86. The zero-order chi connectivity index (χ0) is 22.7. The quantitative estimate of drug-likeness (QED) is 0.397. The molecule has 0 bridgehead atoms. The minimum absolute atomic E-state index is 0.138. The van der Waals surface area contributed by atoms with E-state index in [2.05, 4.69) is 0 Å². The van der Waals surface area contributed by atoms with Crippen molar-refractivity contribution in [3.63, 3.8) is 0 Å². The number of Topliss-reactive ketones (excluding diaryl/α,β-unsaturated/α-hetero) is 1. The van der Waals surface area contributed by atoms with Crippen LogP contribution in [0.2, 0.25) is 5.02 Å². The van der Waals surface area contributed by atoms with Crippen LogP contribution >= 0.6 is 11.6 Å². The number of benzene rings is 2. The molecular weight excluding hydrogens is 423 g/mol. The van der Waals surface area contributed by atoms with Crippen LogP contribution in [0.15, 0.2) is 48.0 Å². The second kappa shape index (κ2) is 9.49. The van der Waals surface area contributed by atoms with E-state index in [1.54, 1.807) is 12.1 Å². The van der Waals surface area contributed by atoms with E-state index in [1.165, 1.54) is 35.2 Å². The first-order valence-corrected chi connectivity index (χ1v) is 10.2. The van der Waals surface area contributed by atoms with Gasteiger partial charge in [0.15, 0.2) is 0 Å². The number of likely N-dealkylation sites (tertiary alicyclic amines) is 1. The average Bonchev–Trinajstić information content (AvgIpc) is 2.98. The Morgan fingerprint density at radius 1 is 1.23 bits per heavy atom. The number of carbonyl (C=O) groups is 2. The fraction of sp³-hybridized carbons (Fsp3) is 0.304. The van der Waals surface area contributed by atoms with Gasteiger partial charge in [0.1, 0.15) is 17.3 Å². The Bertz CT molecular complexity index is 1040. The Balaban J connectivity index is 2.15. The average molecular weight is 447 g/mol. The standard InChI is InChI=1S/C23H24ClFN2O4/c1-4-31-18-10-9-14(13-16(18)24)21(28)19-20(15-7-5-6-8-17(15)25)27(12-11-26(2)3)23(30)22(19)29/h5-10,13,20,28H,4,11-12H2,1-3H3/t20-/m1/s1. The molecule has 3 rings (SSSR count). The highest BCUT2D eigenvalue weighted by Crippen LogP contribution is 2.40. The number of hydrogen-bond acceptors (Lipinski definition) is 5. The van der Waals surface area contributed by atoms with E-state index in [1.807, 2.05) is 25.9 Å². The number of nitrogens with zero attached hydrogens (tertiary/aromatic N) is 2. The monoisotopic (exact) mass is 446 g/mol. The number of halogens is 2. The third kappa shape index (κ3) is 4.57. The minimum Gasteiger partial charge on any atom is -0.507 e. The lowest BCUT2D eigenvalue weighted by molar-refractivity contribution is -0.140. The van der Waals surface area contributed by atoms with Crippen LogP contribution in [0.25, 0.3) is 5.76 Å². The molecule has 0 unspecified atom stereocenters. The molecule has 0 saturated carbocycles. The summed E-state index contributed by atoms with van der Waals surface area (Å²) in [7, 11) is 3.66. The highest BCUT2D eigenvalue weighted by atomic mass is 35.5. The molecule has 6 nitrogen and oxygen atoms in total. The van der Waals surface area contributed by atoms with Crippen molar-refractivity contribution in [2.45, 2.75) is 13.0 Å². The Labute approximate surface area is 185 Å². The van der Waals surface area contributed by atoms with E-state index in [9.17, 15) is 19.1 Å². The van der Waals surface area contributed by atoms with Crippen LogP contribution in [-0.2, 0) is 9.59 Å². The SMILES string of the molecule is CCOc1ccc(C(O)=C2C(=O)C(=O)N(CCN(C)C)[C@@H]2c2ccccc2F)cc1Cl. The maximum absolute atomic E-state index is 14.7. The first kappa shape index (κ1) is 22.8. The summed E-state index contributed by atoms with van der Waals surface area (Å²) in [4.78, 5) is 28.9. The van der Waals surface area contributed by atoms with Gasteiger partial charge in [0, 0.05) is 24.2 Å². The van der Waals surface area contributed by atoms with Gasteiger partial charge in [-0.15, -0.1) is 0 Å². The number of hydrogen-bond donors (Lipinski definition) is 1. The van der Waals surface area contributed by atoms with E-state index in [4.69, 9.17) is 16.3 Å². The molecular formula is C23H24ClFN2O4. The van der Waals surface area contributed by atoms with Crippen LogP contribution < -0.4 is 4.74 Å². The number of rotatable bonds is 7. The lowest BCUT2D eigenvalue weighted by atomic mass is 9.95. The van der Waals surface area contributed by atoms with Crippen LogP contribution in [0, 0.1) is 5.82 Å². The molecule has 164 valence electrons. The van der Waals surface area contributed by atoms with Crippen molar-refractivity contribution in [1.29, 1.82) is 0 Å². The fourth-order valence-electron chi connectivity index (χ4n) is 3.51. The maximum atomic E-state index is 14.7. The third-order valence-corrected chi connectivity index (χ3v) is 5.33. The van der Waals surface area contributed by atoms with E-state index in [0.717, 1.165) is 0 Å². The summed E-state index contributed by atoms with van der Waals surface area (Å²) < 4.78 is 20.1. The smallest absolute Gasteiger partial charge is 0.295 e. The maximum Gasteiger partial charge on any atom is 0.295 e. The lowest BCUT2D eigenvalue weighted by Crippen LogP contribution is -2.35. The normalized spacial score (nSPS) is 18.1. The molecule has 0 aromatic heterocycles. The van der Waals surface area contributed by atoms with Gasteiger partial charge in [0.25, 0.3) is 11.7 Å². The van der Waals surface area contributed by atoms with E-state index in [0.29, 0.717) is 18.9 Å². The number of ketones is 1. The topological polar surface area (TPSA) is 70.1 Å². The summed E-state index contributed by atoms with van der Waals surface area (Å²) in [5.41, 5.74) is 0.202. The van der Waals surface area contributed by atoms with Crippen molar-refractivity contribution in [1.82, 2.24) is 9.80 Å². The lowest BCUT2D eigenvalue weighted by Gasteiger charge is -2.26. The summed E-state index contributed by atoms with van der Waals surface area (Å²) in [6.07, 6.45) is 0. The summed E-state index contributed by atoms with van der Waals surface area (Å²) in [6.45, 7) is 2.88. The Morgan fingerprint density at radius 3 is 2.55 bits per heavy atom. The fourth-order valence-corrected chi connectivity index (χ4v) is 3.75. The van der Waals surface area contributed by atoms with Gasteiger partial charge >= 0.3 is 0 Å². The van der Waals surface area contributed by atoms with Crippen molar-refractivity contribution in [2.75, 3.05) is 33.8 Å². The molecule has 1 heterocycles. The number of amides is 1. The van der Waals surface area contributed by atoms with Gasteiger partial charge in [-0.3, -0.25) is 9.59 Å². The van der Waals surface area contributed by atoms with Crippen LogP contribution in [0.4, 0.5) is 4.39 Å². The van der Waals surface area contributed by atoms with E-state index in [-0.39, 0.29) is 28.3 Å². The molecule has 8 heteroatoms. The predicted molar refractivity (Wildman–Crippen MR) is 117 cm³/mol. The molecule has 31 heavy (non-hydrogen) atoms.